The number of methoxy groups -OCH3 is 1. The first kappa shape index (κ1) is 21.8. The van der Waals surface area contributed by atoms with Crippen LogP contribution >= 0.6 is 0 Å². The molecule has 3 aliphatic rings. The zero-order valence-corrected chi connectivity index (χ0v) is 18.5. The quantitative estimate of drug-likeness (QED) is 0.438. The molecule has 7 atom stereocenters. The van der Waals surface area contributed by atoms with Crippen molar-refractivity contribution < 1.29 is 33.3 Å². The molecule has 0 spiro atoms. The summed E-state index contributed by atoms with van der Waals surface area (Å²) >= 11 is 0. The number of hydrogen-bond donors (Lipinski definition) is 1. The molecular formula is C23H29NO7. The predicted molar refractivity (Wildman–Crippen MR) is 111 cm³/mol. The van der Waals surface area contributed by atoms with Gasteiger partial charge in [0.2, 0.25) is 5.60 Å². The molecule has 0 aliphatic carbocycles. The van der Waals surface area contributed by atoms with Crippen LogP contribution in [0.3, 0.4) is 0 Å². The van der Waals surface area contributed by atoms with E-state index in [-0.39, 0.29) is 17.9 Å². The van der Waals surface area contributed by atoms with Crippen molar-refractivity contribution in [2.45, 2.75) is 56.1 Å². The van der Waals surface area contributed by atoms with Crippen molar-refractivity contribution in [1.82, 2.24) is 4.90 Å². The molecular weight excluding hydrogens is 402 g/mol. The summed E-state index contributed by atoms with van der Waals surface area (Å²) in [6.07, 6.45) is -1.95. The Morgan fingerprint density at radius 2 is 1.97 bits per heavy atom. The molecule has 0 unspecified atom stereocenters. The smallest absolute Gasteiger partial charge is 0.343 e. The Morgan fingerprint density at radius 3 is 2.48 bits per heavy atom. The van der Waals surface area contributed by atoms with Gasteiger partial charge >= 0.3 is 11.9 Å². The molecule has 0 radical (unpaired) electrons. The van der Waals surface area contributed by atoms with Gasteiger partial charge in [-0.15, -0.1) is 0 Å². The molecule has 0 saturated carbocycles. The van der Waals surface area contributed by atoms with Crippen LogP contribution in [0.2, 0.25) is 0 Å². The Kier molecular flexibility index (Phi) is 5.15. The van der Waals surface area contributed by atoms with Gasteiger partial charge in [0.1, 0.15) is 29.3 Å². The Bertz CT molecular complexity index is 963. The molecule has 8 nitrogen and oxygen atoms in total. The van der Waals surface area contributed by atoms with Crippen LogP contribution in [0.4, 0.5) is 0 Å². The maximum atomic E-state index is 13.1. The third-order valence-electron chi connectivity index (χ3n) is 6.71. The standard InChI is InChI=1S/C23H29NO7/c1-10(2)12-8-14-13(21(26)28-7)9-15(29-14)16(11(3)4)17(25)19(24(5)6)23-20(31-23)18(12)30-22(23)27/h9,12,16-20,25H,1,3,8H2,2,4-7H3/t12-,16+,17+,18-,19+,20-,23+/m1/s1. The molecule has 2 fully saturated rings. The highest BCUT2D eigenvalue weighted by atomic mass is 16.7. The minimum Gasteiger partial charge on any atom is -0.465 e. The van der Waals surface area contributed by atoms with Crippen LogP contribution in [0.25, 0.3) is 0 Å². The third kappa shape index (κ3) is 3.08. The summed E-state index contributed by atoms with van der Waals surface area (Å²) in [5, 5.41) is 11.5. The van der Waals surface area contributed by atoms with Gasteiger partial charge in [-0.1, -0.05) is 24.3 Å². The first-order chi connectivity index (χ1) is 14.5. The molecule has 0 aromatic carbocycles. The highest BCUT2D eigenvalue weighted by Crippen LogP contribution is 2.55. The molecule has 4 heterocycles. The third-order valence-corrected chi connectivity index (χ3v) is 6.71. The SMILES string of the molecule is C=C(C)[C@H]1Cc2oc(cc2C(=O)OC)[C@H](C(=C)C)[C@H](O)[C@H](N(C)C)[C@]23O[C@@H]2[C@@H]1OC3=O. The normalized spacial score (nSPS) is 36.3. The molecule has 3 aliphatic heterocycles. The summed E-state index contributed by atoms with van der Waals surface area (Å²) in [6.45, 7) is 11.7. The van der Waals surface area contributed by atoms with Gasteiger partial charge in [-0.2, -0.15) is 0 Å². The second-order valence-electron chi connectivity index (χ2n) is 9.06. The van der Waals surface area contributed by atoms with Crippen LogP contribution in [-0.4, -0.2) is 73.1 Å². The average molecular weight is 431 g/mol. The van der Waals surface area contributed by atoms with E-state index in [1.54, 1.807) is 32.0 Å². The van der Waals surface area contributed by atoms with E-state index in [1.807, 2.05) is 6.92 Å². The molecule has 1 aromatic rings. The van der Waals surface area contributed by atoms with Crippen molar-refractivity contribution in [1.29, 1.82) is 0 Å². The highest BCUT2D eigenvalue weighted by Gasteiger charge is 2.79. The van der Waals surface area contributed by atoms with Crippen LogP contribution in [0.15, 0.2) is 34.8 Å². The van der Waals surface area contributed by atoms with E-state index < -0.39 is 47.8 Å². The number of aliphatic hydroxyl groups excluding tert-OH is 1. The molecule has 1 N–H and O–H groups in total. The number of likely N-dealkylation sites (N-methyl/N-ethyl adjacent to an activating group) is 1. The fraction of sp³-hybridized carbons (Fsp3) is 0.565. The van der Waals surface area contributed by atoms with Crippen LogP contribution in [-0.2, 0) is 25.4 Å². The lowest BCUT2D eigenvalue weighted by Crippen LogP contribution is -2.55. The number of carbonyl (C=O) groups excluding carboxylic acids is 2. The van der Waals surface area contributed by atoms with Gasteiger partial charge in [0.15, 0.2) is 0 Å². The zero-order chi connectivity index (χ0) is 22.8. The average Bonchev–Trinajstić information content (AvgIpc) is 3.17. The number of carbonyl (C=O) groups is 2. The van der Waals surface area contributed by atoms with E-state index >= 15 is 0 Å². The van der Waals surface area contributed by atoms with E-state index in [4.69, 9.17) is 18.6 Å². The first-order valence-corrected chi connectivity index (χ1v) is 10.3. The number of epoxide rings is 1. The number of fused-ring (bicyclic) bond motifs is 2. The Morgan fingerprint density at radius 1 is 1.29 bits per heavy atom. The largest absolute Gasteiger partial charge is 0.465 e. The molecule has 4 bridgehead atoms. The minimum atomic E-state index is -1.27. The van der Waals surface area contributed by atoms with E-state index in [0.29, 0.717) is 17.1 Å². The highest BCUT2D eigenvalue weighted by molar-refractivity contribution is 5.91. The molecule has 1 aromatic heterocycles. The van der Waals surface area contributed by atoms with Gasteiger partial charge in [0, 0.05) is 12.3 Å². The van der Waals surface area contributed by atoms with Gasteiger partial charge in [-0.25, -0.2) is 9.59 Å². The molecule has 4 rings (SSSR count). The summed E-state index contributed by atoms with van der Waals surface area (Å²) in [5.41, 5.74) is 0.411. The van der Waals surface area contributed by atoms with Crippen LogP contribution in [0.5, 0.6) is 0 Å². The number of nitrogens with zero attached hydrogens (tertiary/aromatic N) is 1. The summed E-state index contributed by atoms with van der Waals surface area (Å²) < 4.78 is 22.9. The van der Waals surface area contributed by atoms with Crippen molar-refractivity contribution in [3.8, 4) is 0 Å². The number of aliphatic hydroxyl groups is 1. The van der Waals surface area contributed by atoms with Crippen molar-refractivity contribution in [2.24, 2.45) is 5.92 Å². The first-order valence-electron chi connectivity index (χ1n) is 10.3. The molecule has 2 saturated heterocycles. The topological polar surface area (TPSA) is 102 Å². The van der Waals surface area contributed by atoms with Crippen molar-refractivity contribution in [2.75, 3.05) is 21.2 Å². The second-order valence-corrected chi connectivity index (χ2v) is 9.06. The number of rotatable bonds is 4. The molecule has 31 heavy (non-hydrogen) atoms. The van der Waals surface area contributed by atoms with Gasteiger partial charge < -0.3 is 28.6 Å². The van der Waals surface area contributed by atoms with E-state index in [9.17, 15) is 14.7 Å². The molecule has 0 amide bonds. The Hall–Kier alpha value is -2.42. The monoisotopic (exact) mass is 431 g/mol. The lowest BCUT2D eigenvalue weighted by Gasteiger charge is -2.35. The minimum absolute atomic E-state index is 0.275. The summed E-state index contributed by atoms with van der Waals surface area (Å²) in [4.78, 5) is 27.3. The maximum absolute atomic E-state index is 13.1. The van der Waals surface area contributed by atoms with E-state index in [2.05, 4.69) is 13.2 Å². The fourth-order valence-corrected chi connectivity index (χ4v) is 5.22. The number of furan rings is 1. The summed E-state index contributed by atoms with van der Waals surface area (Å²) in [5.74, 6) is -1.24. The lowest BCUT2D eigenvalue weighted by molar-refractivity contribution is -0.160. The Labute approximate surface area is 181 Å². The summed E-state index contributed by atoms with van der Waals surface area (Å²) in [7, 11) is 4.86. The lowest BCUT2D eigenvalue weighted by atomic mass is 9.79. The fourth-order valence-electron chi connectivity index (χ4n) is 5.22. The van der Waals surface area contributed by atoms with Gasteiger partial charge in [-0.3, -0.25) is 0 Å². The Balaban J connectivity index is 1.93. The van der Waals surface area contributed by atoms with Crippen molar-refractivity contribution in [3.05, 3.63) is 47.5 Å². The van der Waals surface area contributed by atoms with Crippen molar-refractivity contribution >= 4 is 11.9 Å². The van der Waals surface area contributed by atoms with Crippen LogP contribution in [0.1, 0.15) is 41.6 Å². The maximum Gasteiger partial charge on any atom is 0.343 e. The predicted octanol–water partition coefficient (Wildman–Crippen LogP) is 1.83. The molecule has 168 valence electrons. The van der Waals surface area contributed by atoms with E-state index in [0.717, 1.165) is 5.57 Å². The summed E-state index contributed by atoms with van der Waals surface area (Å²) in [6, 6.07) is 0.886. The van der Waals surface area contributed by atoms with Gasteiger partial charge in [0.05, 0.1) is 25.2 Å². The number of esters is 2. The second kappa shape index (κ2) is 7.32. The van der Waals surface area contributed by atoms with Crippen LogP contribution < -0.4 is 0 Å². The zero-order valence-electron chi connectivity index (χ0n) is 18.5. The number of hydrogen-bond acceptors (Lipinski definition) is 8. The number of ether oxygens (including phenoxy) is 3. The van der Waals surface area contributed by atoms with Gasteiger partial charge in [0.25, 0.3) is 0 Å². The molecule has 8 heteroatoms. The van der Waals surface area contributed by atoms with E-state index in [1.165, 1.54) is 7.11 Å². The van der Waals surface area contributed by atoms with Crippen molar-refractivity contribution in [3.63, 3.8) is 0 Å². The van der Waals surface area contributed by atoms with Crippen LogP contribution in [0, 0.1) is 5.92 Å². The van der Waals surface area contributed by atoms with Gasteiger partial charge in [-0.05, 0) is 34.0 Å².